The molecule has 0 bridgehead atoms. The van der Waals surface area contributed by atoms with Crippen LogP contribution in [0.4, 0.5) is 5.82 Å². The zero-order valence-corrected chi connectivity index (χ0v) is 13.1. The number of aliphatic hydroxyl groups is 1. The van der Waals surface area contributed by atoms with Gasteiger partial charge in [-0.25, -0.2) is 9.97 Å². The number of aryl methyl sites for hydroxylation is 1. The number of nitrogens with zero attached hydrogens (tertiary/aromatic N) is 2. The molecular formula is C16H20ClN3O. The van der Waals surface area contributed by atoms with Gasteiger partial charge in [-0.3, -0.25) is 0 Å². The van der Waals surface area contributed by atoms with Crippen molar-refractivity contribution in [1.82, 2.24) is 9.97 Å². The summed E-state index contributed by atoms with van der Waals surface area (Å²) in [6.45, 7) is 3.94. The van der Waals surface area contributed by atoms with E-state index in [-0.39, 0.29) is 6.61 Å². The van der Waals surface area contributed by atoms with E-state index in [4.69, 9.17) is 11.6 Å². The number of benzene rings is 1. The molecule has 112 valence electrons. The minimum Gasteiger partial charge on any atom is -0.394 e. The van der Waals surface area contributed by atoms with Crippen molar-refractivity contribution in [2.24, 2.45) is 0 Å². The van der Waals surface area contributed by atoms with Crippen LogP contribution in [0.2, 0.25) is 5.15 Å². The van der Waals surface area contributed by atoms with Crippen molar-refractivity contribution < 1.29 is 5.11 Å². The molecule has 1 aromatic carbocycles. The molecule has 21 heavy (non-hydrogen) atoms. The number of hydrogen-bond acceptors (Lipinski definition) is 4. The Bertz CT molecular complexity index is 591. The van der Waals surface area contributed by atoms with Crippen LogP contribution in [0.3, 0.4) is 0 Å². The number of nitrogens with one attached hydrogen (secondary N) is 1. The maximum absolute atomic E-state index is 9.80. The van der Waals surface area contributed by atoms with Crippen LogP contribution in [0, 0.1) is 0 Å². The SMILES string of the molecule is CCCc1nc(Cl)cc(NC(C)(CO)c2ccccc2)n1. The molecule has 5 heteroatoms. The van der Waals surface area contributed by atoms with E-state index in [1.807, 2.05) is 37.3 Å². The second-order valence-corrected chi connectivity index (χ2v) is 5.61. The molecule has 0 spiro atoms. The first-order chi connectivity index (χ1) is 10.1. The first kappa shape index (κ1) is 15.7. The van der Waals surface area contributed by atoms with Gasteiger partial charge >= 0.3 is 0 Å². The first-order valence-electron chi connectivity index (χ1n) is 7.05. The number of aromatic nitrogens is 2. The Balaban J connectivity index is 2.30. The highest BCUT2D eigenvalue weighted by atomic mass is 35.5. The fraction of sp³-hybridized carbons (Fsp3) is 0.375. The summed E-state index contributed by atoms with van der Waals surface area (Å²) in [7, 11) is 0. The van der Waals surface area contributed by atoms with Crippen molar-refractivity contribution in [3.05, 3.63) is 52.9 Å². The van der Waals surface area contributed by atoms with Gasteiger partial charge in [-0.05, 0) is 18.9 Å². The van der Waals surface area contributed by atoms with E-state index in [2.05, 4.69) is 22.2 Å². The number of hydrogen-bond donors (Lipinski definition) is 2. The predicted octanol–water partition coefficient (Wildman–Crippen LogP) is 3.40. The van der Waals surface area contributed by atoms with E-state index < -0.39 is 5.54 Å². The Morgan fingerprint density at radius 1 is 1.24 bits per heavy atom. The molecule has 2 aromatic rings. The fourth-order valence-electron chi connectivity index (χ4n) is 2.16. The van der Waals surface area contributed by atoms with Gasteiger partial charge in [0.2, 0.25) is 0 Å². The van der Waals surface area contributed by atoms with Crippen LogP contribution in [0.25, 0.3) is 0 Å². The first-order valence-corrected chi connectivity index (χ1v) is 7.43. The molecule has 1 atom stereocenters. The molecular weight excluding hydrogens is 286 g/mol. The lowest BCUT2D eigenvalue weighted by Gasteiger charge is -2.30. The van der Waals surface area contributed by atoms with Crippen molar-refractivity contribution in [2.45, 2.75) is 32.2 Å². The van der Waals surface area contributed by atoms with Gasteiger partial charge < -0.3 is 10.4 Å². The Hall–Kier alpha value is -1.65. The quantitative estimate of drug-likeness (QED) is 0.803. The zero-order valence-electron chi connectivity index (χ0n) is 12.3. The van der Waals surface area contributed by atoms with Gasteiger partial charge in [-0.2, -0.15) is 0 Å². The highest BCUT2D eigenvalue weighted by Crippen LogP contribution is 2.25. The molecule has 0 aliphatic rings. The van der Waals surface area contributed by atoms with E-state index in [1.54, 1.807) is 6.07 Å². The van der Waals surface area contributed by atoms with E-state index in [0.29, 0.717) is 16.8 Å². The van der Waals surface area contributed by atoms with E-state index in [9.17, 15) is 5.11 Å². The second-order valence-electron chi connectivity index (χ2n) is 5.22. The van der Waals surface area contributed by atoms with Gasteiger partial charge in [0.05, 0.1) is 12.1 Å². The summed E-state index contributed by atoms with van der Waals surface area (Å²) in [4.78, 5) is 8.67. The Kier molecular flexibility index (Phi) is 5.15. The topological polar surface area (TPSA) is 58.0 Å². The molecule has 0 radical (unpaired) electrons. The van der Waals surface area contributed by atoms with Crippen LogP contribution in [0.5, 0.6) is 0 Å². The van der Waals surface area contributed by atoms with Gasteiger partial charge in [0.25, 0.3) is 0 Å². The molecule has 0 aliphatic heterocycles. The Labute approximate surface area is 130 Å². The molecule has 2 rings (SSSR count). The number of rotatable bonds is 6. The molecule has 1 unspecified atom stereocenters. The lowest BCUT2D eigenvalue weighted by Crippen LogP contribution is -2.36. The minimum absolute atomic E-state index is 0.0538. The summed E-state index contributed by atoms with van der Waals surface area (Å²) in [6, 6.07) is 11.5. The smallest absolute Gasteiger partial charge is 0.134 e. The molecule has 2 N–H and O–H groups in total. The molecule has 1 heterocycles. The summed E-state index contributed by atoms with van der Waals surface area (Å²) in [5, 5.41) is 13.5. The lowest BCUT2D eigenvalue weighted by molar-refractivity contribution is 0.223. The van der Waals surface area contributed by atoms with E-state index in [0.717, 1.165) is 18.4 Å². The predicted molar refractivity (Wildman–Crippen MR) is 85.5 cm³/mol. The maximum atomic E-state index is 9.80. The summed E-state index contributed by atoms with van der Waals surface area (Å²) >= 11 is 6.05. The third-order valence-corrected chi connectivity index (χ3v) is 3.54. The molecule has 0 fully saturated rings. The minimum atomic E-state index is -0.623. The third kappa shape index (κ3) is 3.93. The largest absolute Gasteiger partial charge is 0.394 e. The number of halogens is 1. The highest BCUT2D eigenvalue weighted by molar-refractivity contribution is 6.29. The maximum Gasteiger partial charge on any atom is 0.134 e. The lowest BCUT2D eigenvalue weighted by atomic mass is 9.93. The summed E-state index contributed by atoms with van der Waals surface area (Å²) in [6.07, 6.45) is 1.73. The van der Waals surface area contributed by atoms with Crippen LogP contribution < -0.4 is 5.32 Å². The number of anilines is 1. The molecule has 4 nitrogen and oxygen atoms in total. The summed E-state index contributed by atoms with van der Waals surface area (Å²) in [5.74, 6) is 1.33. The van der Waals surface area contributed by atoms with Crippen molar-refractivity contribution in [2.75, 3.05) is 11.9 Å². The van der Waals surface area contributed by atoms with Gasteiger partial charge in [-0.1, -0.05) is 48.9 Å². The molecule has 0 amide bonds. The molecule has 0 aliphatic carbocycles. The highest BCUT2D eigenvalue weighted by Gasteiger charge is 2.26. The van der Waals surface area contributed by atoms with Crippen LogP contribution in [0.15, 0.2) is 36.4 Å². The number of aliphatic hydroxyl groups excluding tert-OH is 1. The zero-order chi connectivity index (χ0) is 15.3. The standard InChI is InChI=1S/C16H20ClN3O/c1-3-7-14-18-13(17)10-15(19-14)20-16(2,11-21)12-8-5-4-6-9-12/h4-6,8-10,21H,3,7,11H2,1-2H3,(H,18,19,20). The summed E-state index contributed by atoms with van der Waals surface area (Å²) in [5.41, 5.74) is 0.363. The van der Waals surface area contributed by atoms with E-state index >= 15 is 0 Å². The van der Waals surface area contributed by atoms with Crippen molar-refractivity contribution in [1.29, 1.82) is 0 Å². The third-order valence-electron chi connectivity index (χ3n) is 3.35. The van der Waals surface area contributed by atoms with Gasteiger partial charge in [0.15, 0.2) is 0 Å². The van der Waals surface area contributed by atoms with Crippen LogP contribution in [0.1, 0.15) is 31.7 Å². The Morgan fingerprint density at radius 2 is 1.95 bits per heavy atom. The monoisotopic (exact) mass is 305 g/mol. The molecule has 0 saturated carbocycles. The molecule has 1 aromatic heterocycles. The van der Waals surface area contributed by atoms with Crippen LogP contribution in [-0.2, 0) is 12.0 Å². The molecule has 0 saturated heterocycles. The van der Waals surface area contributed by atoms with Crippen LogP contribution >= 0.6 is 11.6 Å². The van der Waals surface area contributed by atoms with Crippen LogP contribution in [-0.4, -0.2) is 21.7 Å². The van der Waals surface area contributed by atoms with Crippen molar-refractivity contribution >= 4 is 17.4 Å². The van der Waals surface area contributed by atoms with Gasteiger partial charge in [0.1, 0.15) is 16.8 Å². The van der Waals surface area contributed by atoms with Crippen molar-refractivity contribution in [3.63, 3.8) is 0 Å². The average molecular weight is 306 g/mol. The van der Waals surface area contributed by atoms with Gasteiger partial charge in [-0.15, -0.1) is 0 Å². The Morgan fingerprint density at radius 3 is 2.57 bits per heavy atom. The average Bonchev–Trinajstić information content (AvgIpc) is 2.48. The second kappa shape index (κ2) is 6.87. The summed E-state index contributed by atoms with van der Waals surface area (Å²) < 4.78 is 0. The van der Waals surface area contributed by atoms with Crippen molar-refractivity contribution in [3.8, 4) is 0 Å². The van der Waals surface area contributed by atoms with Gasteiger partial charge in [0, 0.05) is 12.5 Å². The fourth-order valence-corrected chi connectivity index (χ4v) is 2.36. The van der Waals surface area contributed by atoms with E-state index in [1.165, 1.54) is 0 Å². The normalized spacial score (nSPS) is 13.7.